The van der Waals surface area contributed by atoms with E-state index in [2.05, 4.69) is 10.3 Å². The molecule has 0 spiro atoms. The van der Waals surface area contributed by atoms with Gasteiger partial charge in [-0.15, -0.1) is 0 Å². The molecule has 0 unspecified atom stereocenters. The number of hydrogen-bond acceptors (Lipinski definition) is 4. The first-order valence-electron chi connectivity index (χ1n) is 5.94. The van der Waals surface area contributed by atoms with Crippen LogP contribution in [0.4, 0.5) is 4.79 Å². The van der Waals surface area contributed by atoms with Crippen molar-refractivity contribution in [2.45, 2.75) is 45.3 Å². The van der Waals surface area contributed by atoms with Crippen LogP contribution in [0.1, 0.15) is 33.6 Å². The molecule has 0 rings (SSSR count). The minimum Gasteiger partial charge on any atom is -0.548 e. The molecule has 0 heterocycles. The highest BCUT2D eigenvalue weighted by molar-refractivity contribution is 5.78. The maximum Gasteiger partial charge on any atom is 0.408 e. The molecule has 1 atom stereocenters. The van der Waals surface area contributed by atoms with Gasteiger partial charge >= 0.3 is 12.1 Å². The summed E-state index contributed by atoms with van der Waals surface area (Å²) in [4.78, 5) is 24.9. The lowest BCUT2D eigenvalue weighted by Crippen LogP contribution is -2.78. The van der Waals surface area contributed by atoms with Crippen LogP contribution in [0.2, 0.25) is 0 Å². The summed E-state index contributed by atoms with van der Waals surface area (Å²) in [6.07, 6.45) is -0.159. The second-order valence-corrected chi connectivity index (χ2v) is 5.04. The van der Waals surface area contributed by atoms with Gasteiger partial charge in [-0.05, 0) is 33.6 Å². The lowest BCUT2D eigenvalue weighted by molar-refractivity contribution is -0.459. The molecule has 1 amide bonds. The second kappa shape index (κ2) is 7.45. The number of carbonyl (C=O) groups is 2. The predicted molar refractivity (Wildman–Crippen MR) is 66.6 cm³/mol. The third kappa shape index (κ3) is 9.69. The van der Waals surface area contributed by atoms with Gasteiger partial charge < -0.3 is 20.0 Å². The van der Waals surface area contributed by atoms with E-state index >= 15 is 0 Å². The van der Waals surface area contributed by atoms with Crippen LogP contribution >= 0.6 is 0 Å². The Morgan fingerprint density at radius 2 is 1.95 bits per heavy atom. The number of alkyl carbamates (subject to hydrolysis) is 1. The molecular formula is C11H22N4O4. The molecule has 0 aliphatic rings. The Kier molecular flexibility index (Phi) is 6.67. The summed E-state index contributed by atoms with van der Waals surface area (Å²) in [7, 11) is 0. The number of carboxylic acids is 1. The zero-order valence-corrected chi connectivity index (χ0v) is 11.5. The predicted octanol–water partition coefficient (Wildman–Crippen LogP) is -3.24. The standard InChI is InChI=1S/C11H22N4O4/c1-11(2,3)19-10(18)15-7(8(16)17)5-4-6-14-9(12)13/h7H,4-6H2,1-3H3,(H,15,18)(H,16,17)(H4,12,13,14)/t7-/m1/s1. The summed E-state index contributed by atoms with van der Waals surface area (Å²) < 4.78 is 4.96. The Labute approximate surface area is 112 Å². The fourth-order valence-electron chi connectivity index (χ4n) is 1.24. The molecule has 8 nitrogen and oxygen atoms in total. The van der Waals surface area contributed by atoms with E-state index in [4.69, 9.17) is 16.2 Å². The van der Waals surface area contributed by atoms with E-state index in [1.54, 1.807) is 20.8 Å². The normalized spacial score (nSPS) is 12.4. The largest absolute Gasteiger partial charge is 0.548 e. The number of guanidine groups is 1. The molecule has 0 saturated carbocycles. The molecule has 0 aromatic heterocycles. The fourth-order valence-corrected chi connectivity index (χ4v) is 1.24. The Bertz CT molecular complexity index is 345. The summed E-state index contributed by atoms with van der Waals surface area (Å²) >= 11 is 0. The maximum atomic E-state index is 11.4. The fraction of sp³-hybridized carbons (Fsp3) is 0.727. The van der Waals surface area contributed by atoms with Crippen molar-refractivity contribution in [3.8, 4) is 0 Å². The summed E-state index contributed by atoms with van der Waals surface area (Å²) in [5, 5.41) is 13.1. The topological polar surface area (TPSA) is 144 Å². The average molecular weight is 274 g/mol. The molecule has 110 valence electrons. The van der Waals surface area contributed by atoms with Crippen LogP contribution < -0.4 is 26.9 Å². The van der Waals surface area contributed by atoms with Crippen molar-refractivity contribution in [1.82, 2.24) is 5.32 Å². The van der Waals surface area contributed by atoms with Gasteiger partial charge in [0.1, 0.15) is 5.60 Å². The zero-order chi connectivity index (χ0) is 15.1. The smallest absolute Gasteiger partial charge is 0.408 e. The van der Waals surface area contributed by atoms with Gasteiger partial charge in [0.15, 0.2) is 0 Å². The number of nitrogens with two attached hydrogens (primary N) is 2. The molecule has 19 heavy (non-hydrogen) atoms. The average Bonchev–Trinajstić information content (AvgIpc) is 2.19. The summed E-state index contributed by atoms with van der Waals surface area (Å²) in [5.41, 5.74) is 9.68. The van der Waals surface area contributed by atoms with Gasteiger partial charge in [0, 0.05) is 0 Å². The SMILES string of the molecule is CC(C)(C)OC(=O)N[C@H](CCC[NH+]=C(N)N)C(=O)[O-]. The van der Waals surface area contributed by atoms with Crippen LogP contribution in [0.15, 0.2) is 0 Å². The van der Waals surface area contributed by atoms with Crippen LogP contribution in [-0.2, 0) is 9.53 Å². The monoisotopic (exact) mass is 274 g/mol. The van der Waals surface area contributed by atoms with E-state index < -0.39 is 23.7 Å². The van der Waals surface area contributed by atoms with E-state index in [0.717, 1.165) is 0 Å². The maximum absolute atomic E-state index is 11.4. The molecule has 0 aromatic rings. The molecule has 0 bridgehead atoms. The molecule has 0 radical (unpaired) electrons. The van der Waals surface area contributed by atoms with E-state index in [-0.39, 0.29) is 12.4 Å². The number of rotatable bonds is 6. The number of hydrogen-bond donors (Lipinski definition) is 4. The van der Waals surface area contributed by atoms with E-state index in [9.17, 15) is 14.7 Å². The van der Waals surface area contributed by atoms with Crippen molar-refractivity contribution in [3.63, 3.8) is 0 Å². The number of carboxylic acid groups (broad SMARTS) is 1. The first-order chi connectivity index (χ1) is 8.61. The van der Waals surface area contributed by atoms with Crippen molar-refractivity contribution >= 4 is 18.0 Å². The summed E-state index contributed by atoms with van der Waals surface area (Å²) in [6.45, 7) is 5.46. The first kappa shape index (κ1) is 17.0. The van der Waals surface area contributed by atoms with Crippen LogP contribution in [-0.4, -0.2) is 36.2 Å². The molecule has 0 aliphatic heterocycles. The Morgan fingerprint density at radius 1 is 1.37 bits per heavy atom. The van der Waals surface area contributed by atoms with Crippen LogP contribution in [0.5, 0.6) is 0 Å². The van der Waals surface area contributed by atoms with Gasteiger partial charge in [-0.25, -0.2) is 4.79 Å². The van der Waals surface area contributed by atoms with Crippen molar-refractivity contribution in [2.24, 2.45) is 11.5 Å². The minimum atomic E-state index is -1.37. The van der Waals surface area contributed by atoms with E-state index in [0.29, 0.717) is 13.0 Å². The Morgan fingerprint density at radius 3 is 2.37 bits per heavy atom. The van der Waals surface area contributed by atoms with Gasteiger partial charge in [-0.2, -0.15) is 0 Å². The molecule has 0 aliphatic carbocycles. The van der Waals surface area contributed by atoms with Gasteiger partial charge in [-0.1, -0.05) is 0 Å². The summed E-state index contributed by atoms with van der Waals surface area (Å²) in [5.74, 6) is -1.30. The Hall–Kier alpha value is -1.99. The third-order valence-electron chi connectivity index (χ3n) is 1.97. The number of amides is 1. The highest BCUT2D eigenvalue weighted by atomic mass is 16.6. The lowest BCUT2D eigenvalue weighted by Gasteiger charge is -2.24. The molecule has 0 saturated heterocycles. The van der Waals surface area contributed by atoms with Crippen LogP contribution in [0.25, 0.3) is 0 Å². The highest BCUT2D eigenvalue weighted by Gasteiger charge is 2.19. The number of nitrogens with one attached hydrogen (secondary N) is 2. The van der Waals surface area contributed by atoms with Gasteiger partial charge in [0.2, 0.25) is 0 Å². The van der Waals surface area contributed by atoms with Gasteiger partial charge in [0.05, 0.1) is 18.6 Å². The third-order valence-corrected chi connectivity index (χ3v) is 1.97. The molecular weight excluding hydrogens is 252 g/mol. The van der Waals surface area contributed by atoms with Gasteiger partial charge in [-0.3, -0.25) is 16.5 Å². The van der Waals surface area contributed by atoms with Gasteiger partial charge in [0.25, 0.3) is 0 Å². The van der Waals surface area contributed by atoms with Crippen molar-refractivity contribution < 1.29 is 24.4 Å². The number of ether oxygens (including phenoxy) is 1. The highest BCUT2D eigenvalue weighted by Crippen LogP contribution is 2.07. The molecule has 8 heteroatoms. The number of aliphatic carboxylic acids is 1. The van der Waals surface area contributed by atoms with E-state index in [1.165, 1.54) is 0 Å². The summed E-state index contributed by atoms with van der Waals surface area (Å²) in [6, 6.07) is -1.12. The molecule has 6 N–H and O–H groups in total. The van der Waals surface area contributed by atoms with E-state index in [1.807, 2.05) is 0 Å². The van der Waals surface area contributed by atoms with Crippen molar-refractivity contribution in [1.29, 1.82) is 0 Å². The zero-order valence-electron chi connectivity index (χ0n) is 11.5. The van der Waals surface area contributed by atoms with Crippen LogP contribution in [0.3, 0.4) is 0 Å². The Balaban J connectivity index is 4.23. The quantitative estimate of drug-likeness (QED) is 0.227. The second-order valence-electron chi connectivity index (χ2n) is 5.04. The molecule has 0 fully saturated rings. The molecule has 0 aromatic carbocycles. The van der Waals surface area contributed by atoms with Crippen LogP contribution in [0, 0.1) is 0 Å². The minimum absolute atomic E-state index is 0.0603. The van der Waals surface area contributed by atoms with Crippen molar-refractivity contribution in [3.05, 3.63) is 0 Å². The van der Waals surface area contributed by atoms with Crippen molar-refractivity contribution in [2.75, 3.05) is 6.54 Å². The number of carbonyl (C=O) groups excluding carboxylic acids is 2. The first-order valence-corrected chi connectivity index (χ1v) is 5.94. The lowest BCUT2D eigenvalue weighted by atomic mass is 10.1.